The van der Waals surface area contributed by atoms with Crippen LogP contribution in [0.3, 0.4) is 0 Å². The molecular weight excluding hydrogens is 947 g/mol. The number of alkyl carbamates (subject to hydrolysis) is 2. The molecule has 4 aliphatic rings. The summed E-state index contributed by atoms with van der Waals surface area (Å²) in [5.74, 6) is 0. The van der Waals surface area contributed by atoms with Gasteiger partial charge in [-0.3, -0.25) is 0 Å². The highest BCUT2D eigenvalue weighted by Gasteiger charge is 2.24. The quantitative estimate of drug-likeness (QED) is 0.131. The third kappa shape index (κ3) is 18.7. The topological polar surface area (TPSA) is 95.2 Å². The first-order valence-corrected chi connectivity index (χ1v) is 26.6. The molecular formula is C61H84BrN5O4. The molecule has 2 amide bonds. The Hall–Kier alpha value is -5.26. The van der Waals surface area contributed by atoms with Gasteiger partial charge in [-0.1, -0.05) is 177 Å². The number of piperidine rings is 2. The minimum Gasteiger partial charge on any atom is -0.444 e. The maximum atomic E-state index is 11.9. The summed E-state index contributed by atoms with van der Waals surface area (Å²) in [7, 11) is 0. The second-order valence-electron chi connectivity index (χ2n) is 19.7. The van der Waals surface area contributed by atoms with E-state index in [-0.39, 0.29) is 19.6 Å². The first kappa shape index (κ1) is 58.3. The lowest BCUT2D eigenvalue weighted by Crippen LogP contribution is -2.40. The normalized spacial score (nSPS) is 14.9. The van der Waals surface area contributed by atoms with Crippen LogP contribution in [-0.4, -0.2) is 104 Å². The van der Waals surface area contributed by atoms with E-state index in [0.717, 1.165) is 63.7 Å². The number of hydrogen-bond donors (Lipinski definition) is 3. The number of hydrogen-bond acceptors (Lipinski definition) is 7. The van der Waals surface area contributed by atoms with Crippen molar-refractivity contribution in [1.29, 1.82) is 0 Å². The summed E-state index contributed by atoms with van der Waals surface area (Å²) >= 11 is 3.19. The van der Waals surface area contributed by atoms with E-state index < -0.39 is 11.2 Å². The van der Waals surface area contributed by atoms with Crippen molar-refractivity contribution in [3.63, 3.8) is 0 Å². The van der Waals surface area contributed by atoms with E-state index in [2.05, 4.69) is 184 Å². The fourth-order valence-corrected chi connectivity index (χ4v) is 9.13. The first-order chi connectivity index (χ1) is 33.6. The molecule has 3 N–H and O–H groups in total. The molecule has 4 aromatic carbocycles. The number of rotatable bonds is 8. The predicted octanol–water partition coefficient (Wildman–Crippen LogP) is 13.8. The van der Waals surface area contributed by atoms with E-state index in [1.807, 2.05) is 41.5 Å². The molecule has 9 nitrogen and oxygen atoms in total. The van der Waals surface area contributed by atoms with Gasteiger partial charge in [0.2, 0.25) is 0 Å². The Morgan fingerprint density at radius 3 is 1.23 bits per heavy atom. The Labute approximate surface area is 436 Å². The molecule has 0 atom stereocenters. The van der Waals surface area contributed by atoms with E-state index in [9.17, 15) is 9.59 Å². The number of ether oxygens (including phenoxy) is 2. The molecule has 2 aliphatic carbocycles. The largest absolute Gasteiger partial charge is 0.444 e. The van der Waals surface area contributed by atoms with Gasteiger partial charge in [0.1, 0.15) is 11.2 Å². The van der Waals surface area contributed by atoms with Gasteiger partial charge >= 0.3 is 12.2 Å². The van der Waals surface area contributed by atoms with Gasteiger partial charge in [-0.25, -0.2) is 9.59 Å². The van der Waals surface area contributed by atoms with Crippen molar-refractivity contribution >= 4 is 63.6 Å². The van der Waals surface area contributed by atoms with Crippen LogP contribution in [0.15, 0.2) is 108 Å². The smallest absolute Gasteiger partial charge is 0.407 e. The molecule has 2 heterocycles. The Kier molecular flexibility index (Phi) is 24.1. The summed E-state index contributed by atoms with van der Waals surface area (Å²) in [6.07, 6.45) is 12.7. The average Bonchev–Trinajstić information content (AvgIpc) is 3.62. The Bertz CT molecular complexity index is 2310. The molecule has 0 spiro atoms. The molecule has 0 aromatic heterocycles. The maximum Gasteiger partial charge on any atom is 0.407 e. The highest BCUT2D eigenvalue weighted by molar-refractivity contribution is 9.09. The fraction of sp³-hybridized carbons (Fsp3) is 0.443. The van der Waals surface area contributed by atoms with Gasteiger partial charge in [-0.2, -0.15) is 0 Å². The molecule has 4 aromatic rings. The number of nitrogens with one attached hydrogen (secondary N) is 3. The van der Waals surface area contributed by atoms with Gasteiger partial charge in [0.05, 0.1) is 0 Å². The standard InChI is InChI=1S/C27H32N2O2.C20H19N.C7H14BrNO2.C6H15N.CH4/c1-27(2,3)31-26(30)28-16-19-29-17-14-22(15-18-29)25-23-10-6-4-8-20(23)12-13-21-9-5-7-11-24(21)25;1-3-7-18-15(5-1)9-10-16-6-2-4-8-19(16)20(18)17-11-13-21-14-12-17;1-7(2,3)11-6(10)9-5-4-8;1-4-7(5-2)6-3;/h4-13H,14-19H2,1-3H3,(H,28,30);1-10,21H,11-14H2;4-5H2,1-3H3,(H,9,10);4-6H2,1-3H3;1H4. The van der Waals surface area contributed by atoms with Crippen LogP contribution in [0.25, 0.3) is 35.5 Å². The highest BCUT2D eigenvalue weighted by Crippen LogP contribution is 2.40. The van der Waals surface area contributed by atoms with Crippen LogP contribution in [0.2, 0.25) is 0 Å². The monoisotopic (exact) mass is 1030 g/mol. The molecule has 71 heavy (non-hydrogen) atoms. The van der Waals surface area contributed by atoms with E-state index in [1.54, 1.807) is 5.57 Å². The van der Waals surface area contributed by atoms with Crippen molar-refractivity contribution < 1.29 is 19.1 Å². The van der Waals surface area contributed by atoms with Crippen LogP contribution in [0, 0.1) is 0 Å². The molecule has 2 aliphatic heterocycles. The van der Waals surface area contributed by atoms with Gasteiger partial charge in [-0.05, 0) is 156 Å². The number of fused-ring (bicyclic) bond motifs is 4. The van der Waals surface area contributed by atoms with Crippen molar-refractivity contribution in [2.75, 3.05) is 70.8 Å². The third-order valence-electron chi connectivity index (χ3n) is 12.4. The highest BCUT2D eigenvalue weighted by atomic mass is 79.9. The SMILES string of the molecule is C.C1=Cc2ccccc2C(=C2CCNCC2)c2ccccc21.CC(C)(C)OC(=O)NCCBr.CC(C)(C)OC(=O)NCCN1CCC(=C2c3ccccc3C=Cc3ccccc32)CC1.CCN(CC)CC. The van der Waals surface area contributed by atoms with Crippen LogP contribution in [0.1, 0.15) is 140 Å². The summed E-state index contributed by atoms with van der Waals surface area (Å²) in [6.45, 7) is 27.5. The van der Waals surface area contributed by atoms with E-state index in [4.69, 9.17) is 9.47 Å². The number of halogens is 1. The lowest BCUT2D eigenvalue weighted by atomic mass is 9.86. The summed E-state index contributed by atoms with van der Waals surface area (Å²) in [5.41, 5.74) is 15.8. The molecule has 10 heteroatoms. The van der Waals surface area contributed by atoms with Crippen LogP contribution >= 0.6 is 15.9 Å². The van der Waals surface area contributed by atoms with Gasteiger partial charge < -0.3 is 35.2 Å². The van der Waals surface area contributed by atoms with Crippen LogP contribution in [-0.2, 0) is 9.47 Å². The van der Waals surface area contributed by atoms with Crippen LogP contribution < -0.4 is 16.0 Å². The van der Waals surface area contributed by atoms with E-state index in [1.165, 1.54) is 80.9 Å². The van der Waals surface area contributed by atoms with Crippen molar-refractivity contribution in [3.05, 3.63) is 153 Å². The molecule has 0 bridgehead atoms. The average molecular weight is 1030 g/mol. The third-order valence-corrected chi connectivity index (χ3v) is 12.8. The molecule has 0 radical (unpaired) electrons. The zero-order valence-electron chi connectivity index (χ0n) is 43.6. The summed E-state index contributed by atoms with van der Waals surface area (Å²) in [4.78, 5) is 27.5. The second kappa shape index (κ2) is 29.3. The van der Waals surface area contributed by atoms with E-state index >= 15 is 0 Å². The fourth-order valence-electron chi connectivity index (χ4n) is 8.93. The number of likely N-dealkylation sites (tertiary alicyclic amines) is 1. The van der Waals surface area contributed by atoms with Crippen molar-refractivity contribution in [2.45, 2.75) is 107 Å². The molecule has 384 valence electrons. The molecule has 2 fully saturated rings. The van der Waals surface area contributed by atoms with Gasteiger partial charge in [0.25, 0.3) is 0 Å². The minimum atomic E-state index is -0.462. The number of carbonyl (C=O) groups is 2. The number of carbonyl (C=O) groups excluding carboxylic acids is 2. The van der Waals surface area contributed by atoms with Crippen LogP contribution in [0.5, 0.6) is 0 Å². The first-order valence-electron chi connectivity index (χ1n) is 25.5. The molecule has 2 saturated heterocycles. The minimum absolute atomic E-state index is 0. The zero-order valence-corrected chi connectivity index (χ0v) is 45.1. The lowest BCUT2D eigenvalue weighted by Gasteiger charge is -2.30. The summed E-state index contributed by atoms with van der Waals surface area (Å²) in [6, 6.07) is 35.0. The van der Waals surface area contributed by atoms with Gasteiger partial charge in [0.15, 0.2) is 0 Å². The summed E-state index contributed by atoms with van der Waals surface area (Å²) < 4.78 is 10.3. The van der Waals surface area contributed by atoms with Gasteiger partial charge in [-0.15, -0.1) is 0 Å². The van der Waals surface area contributed by atoms with Gasteiger partial charge in [0, 0.05) is 38.1 Å². The van der Waals surface area contributed by atoms with Crippen molar-refractivity contribution in [1.82, 2.24) is 25.8 Å². The number of alkyl halides is 1. The Morgan fingerprint density at radius 1 is 0.563 bits per heavy atom. The number of nitrogens with zero attached hydrogens (tertiary/aromatic N) is 2. The Balaban J connectivity index is 0.000000235. The molecule has 8 rings (SSSR count). The molecule has 0 unspecified atom stereocenters. The van der Waals surface area contributed by atoms with E-state index in [0.29, 0.717) is 13.1 Å². The lowest BCUT2D eigenvalue weighted by molar-refractivity contribution is 0.0514. The van der Waals surface area contributed by atoms with Crippen molar-refractivity contribution in [3.8, 4) is 0 Å². The maximum absolute atomic E-state index is 11.9. The second-order valence-corrected chi connectivity index (χ2v) is 20.5. The Morgan fingerprint density at radius 2 is 0.901 bits per heavy atom. The summed E-state index contributed by atoms with van der Waals surface area (Å²) in [5, 5.41) is 9.66. The predicted molar refractivity (Wildman–Crippen MR) is 306 cm³/mol. The number of benzene rings is 4. The molecule has 0 saturated carbocycles. The number of amides is 2. The zero-order chi connectivity index (χ0) is 50.5. The van der Waals surface area contributed by atoms with Crippen molar-refractivity contribution in [2.24, 2.45) is 0 Å². The van der Waals surface area contributed by atoms with Crippen LogP contribution in [0.4, 0.5) is 9.59 Å².